The maximum Gasteiger partial charge on any atom is 0.132 e. The first-order valence-corrected chi connectivity index (χ1v) is 9.37. The Balaban J connectivity index is 1.54. The number of rotatable bonds is 6. The Labute approximate surface area is 150 Å². The molecule has 0 spiro atoms. The maximum absolute atomic E-state index is 4.66. The third-order valence-corrected chi connectivity index (χ3v) is 4.87. The Morgan fingerprint density at radius 3 is 2.56 bits per heavy atom. The van der Waals surface area contributed by atoms with Crippen molar-refractivity contribution in [1.29, 1.82) is 0 Å². The van der Waals surface area contributed by atoms with Crippen LogP contribution in [0.3, 0.4) is 0 Å². The second-order valence-corrected chi connectivity index (χ2v) is 7.06. The summed E-state index contributed by atoms with van der Waals surface area (Å²) in [6.07, 6.45) is 4.43. The van der Waals surface area contributed by atoms with Crippen LogP contribution in [0.15, 0.2) is 12.1 Å². The molecular formula is C19H30N6. The van der Waals surface area contributed by atoms with Gasteiger partial charge in [-0.15, -0.1) is 0 Å². The lowest BCUT2D eigenvalue weighted by molar-refractivity contribution is 0.407. The van der Waals surface area contributed by atoms with Gasteiger partial charge in [-0.1, -0.05) is 13.3 Å². The van der Waals surface area contributed by atoms with Crippen LogP contribution in [0, 0.1) is 13.8 Å². The summed E-state index contributed by atoms with van der Waals surface area (Å²) in [5, 5.41) is 8.10. The van der Waals surface area contributed by atoms with E-state index < -0.39 is 0 Å². The maximum atomic E-state index is 4.66. The first-order valence-electron chi connectivity index (χ1n) is 9.37. The normalized spacial score (nSPS) is 15.8. The quantitative estimate of drug-likeness (QED) is 0.874. The number of nitrogens with zero attached hydrogens (tertiary/aromatic N) is 5. The zero-order valence-corrected chi connectivity index (χ0v) is 15.9. The van der Waals surface area contributed by atoms with Crippen molar-refractivity contribution in [3.8, 4) is 0 Å². The minimum absolute atomic E-state index is 0.560. The molecule has 1 aliphatic rings. The van der Waals surface area contributed by atoms with Crippen LogP contribution in [-0.2, 0) is 20.0 Å². The Morgan fingerprint density at radius 1 is 1.16 bits per heavy atom. The van der Waals surface area contributed by atoms with Gasteiger partial charge in [-0.25, -0.2) is 9.97 Å². The van der Waals surface area contributed by atoms with E-state index in [1.54, 1.807) is 0 Å². The number of piperidine rings is 1. The molecule has 2 aromatic heterocycles. The van der Waals surface area contributed by atoms with Crippen molar-refractivity contribution < 1.29 is 0 Å². The summed E-state index contributed by atoms with van der Waals surface area (Å²) in [4.78, 5) is 11.6. The molecule has 25 heavy (non-hydrogen) atoms. The third-order valence-electron chi connectivity index (χ3n) is 4.87. The van der Waals surface area contributed by atoms with Gasteiger partial charge in [-0.2, -0.15) is 5.10 Å². The smallest absolute Gasteiger partial charge is 0.132 e. The Kier molecular flexibility index (Phi) is 5.68. The molecule has 0 aliphatic carbocycles. The van der Waals surface area contributed by atoms with Gasteiger partial charge in [0, 0.05) is 44.5 Å². The SMILES string of the molecule is CCCc1cc(N2CCC(NCc3cc(C)nn3C)CC2)nc(C)n1. The van der Waals surface area contributed by atoms with Crippen LogP contribution in [0.25, 0.3) is 0 Å². The molecule has 0 unspecified atom stereocenters. The number of aryl methyl sites for hydroxylation is 4. The highest BCUT2D eigenvalue weighted by molar-refractivity contribution is 5.40. The van der Waals surface area contributed by atoms with Crippen molar-refractivity contribution in [1.82, 2.24) is 25.1 Å². The van der Waals surface area contributed by atoms with Gasteiger partial charge in [0.2, 0.25) is 0 Å². The van der Waals surface area contributed by atoms with E-state index in [2.05, 4.69) is 44.3 Å². The molecule has 0 radical (unpaired) electrons. The molecule has 0 aromatic carbocycles. The summed E-state index contributed by atoms with van der Waals surface area (Å²) in [6, 6.07) is 4.88. The number of hydrogen-bond donors (Lipinski definition) is 1. The van der Waals surface area contributed by atoms with E-state index in [9.17, 15) is 0 Å². The fraction of sp³-hybridized carbons (Fsp3) is 0.632. The summed E-state index contributed by atoms with van der Waals surface area (Å²) >= 11 is 0. The first kappa shape index (κ1) is 17.9. The molecule has 6 nitrogen and oxygen atoms in total. The summed E-state index contributed by atoms with van der Waals surface area (Å²) in [7, 11) is 2.01. The largest absolute Gasteiger partial charge is 0.356 e. The van der Waals surface area contributed by atoms with Gasteiger partial charge in [0.25, 0.3) is 0 Å². The van der Waals surface area contributed by atoms with Gasteiger partial charge in [-0.05, 0) is 39.2 Å². The molecule has 0 amide bonds. The van der Waals surface area contributed by atoms with Crippen molar-refractivity contribution >= 4 is 5.82 Å². The minimum Gasteiger partial charge on any atom is -0.356 e. The van der Waals surface area contributed by atoms with Gasteiger partial charge in [0.05, 0.1) is 11.4 Å². The van der Waals surface area contributed by atoms with Crippen LogP contribution in [0.4, 0.5) is 5.82 Å². The average molecular weight is 342 g/mol. The van der Waals surface area contributed by atoms with E-state index in [0.717, 1.165) is 68.3 Å². The molecular weight excluding hydrogens is 312 g/mol. The van der Waals surface area contributed by atoms with Gasteiger partial charge in [-0.3, -0.25) is 4.68 Å². The van der Waals surface area contributed by atoms with Gasteiger partial charge < -0.3 is 10.2 Å². The number of hydrogen-bond acceptors (Lipinski definition) is 5. The van der Waals surface area contributed by atoms with E-state index in [-0.39, 0.29) is 0 Å². The topological polar surface area (TPSA) is 58.9 Å². The summed E-state index contributed by atoms with van der Waals surface area (Å²) in [5.74, 6) is 1.98. The van der Waals surface area contributed by atoms with Crippen LogP contribution in [0.2, 0.25) is 0 Å². The molecule has 3 heterocycles. The second kappa shape index (κ2) is 7.95. The minimum atomic E-state index is 0.560. The van der Waals surface area contributed by atoms with E-state index in [0.29, 0.717) is 6.04 Å². The second-order valence-electron chi connectivity index (χ2n) is 7.06. The Hall–Kier alpha value is -1.95. The molecule has 0 bridgehead atoms. The molecule has 136 valence electrons. The Bertz CT molecular complexity index is 700. The molecule has 0 atom stereocenters. The zero-order valence-electron chi connectivity index (χ0n) is 15.9. The first-order chi connectivity index (χ1) is 12.0. The van der Waals surface area contributed by atoms with Crippen molar-refractivity contribution in [3.63, 3.8) is 0 Å². The Morgan fingerprint density at radius 2 is 1.92 bits per heavy atom. The van der Waals surface area contributed by atoms with E-state index in [1.165, 1.54) is 5.69 Å². The molecule has 1 N–H and O–H groups in total. The zero-order chi connectivity index (χ0) is 17.8. The predicted molar refractivity (Wildman–Crippen MR) is 101 cm³/mol. The molecule has 3 rings (SSSR count). The van der Waals surface area contributed by atoms with Crippen molar-refractivity contribution in [2.24, 2.45) is 7.05 Å². The monoisotopic (exact) mass is 342 g/mol. The summed E-state index contributed by atoms with van der Waals surface area (Å²) < 4.78 is 1.97. The summed E-state index contributed by atoms with van der Waals surface area (Å²) in [5.41, 5.74) is 3.49. The summed E-state index contributed by atoms with van der Waals surface area (Å²) in [6.45, 7) is 9.20. The highest BCUT2D eigenvalue weighted by Gasteiger charge is 2.20. The van der Waals surface area contributed by atoms with Gasteiger partial charge >= 0.3 is 0 Å². The fourth-order valence-electron chi connectivity index (χ4n) is 3.55. The molecule has 1 saturated heterocycles. The molecule has 0 saturated carbocycles. The number of nitrogens with one attached hydrogen (secondary N) is 1. The highest BCUT2D eigenvalue weighted by atomic mass is 15.3. The number of anilines is 1. The fourth-order valence-corrected chi connectivity index (χ4v) is 3.55. The number of aromatic nitrogens is 4. The lowest BCUT2D eigenvalue weighted by Crippen LogP contribution is -2.42. The average Bonchev–Trinajstić information content (AvgIpc) is 2.91. The van der Waals surface area contributed by atoms with Crippen LogP contribution < -0.4 is 10.2 Å². The molecule has 6 heteroatoms. The predicted octanol–water partition coefficient (Wildman–Crippen LogP) is 2.54. The van der Waals surface area contributed by atoms with Crippen LogP contribution in [0.5, 0.6) is 0 Å². The van der Waals surface area contributed by atoms with Crippen LogP contribution >= 0.6 is 0 Å². The van der Waals surface area contributed by atoms with E-state index in [4.69, 9.17) is 0 Å². The molecule has 1 fully saturated rings. The molecule has 1 aliphatic heterocycles. The lowest BCUT2D eigenvalue weighted by atomic mass is 10.0. The van der Waals surface area contributed by atoms with Crippen molar-refractivity contribution in [2.75, 3.05) is 18.0 Å². The van der Waals surface area contributed by atoms with E-state index >= 15 is 0 Å². The van der Waals surface area contributed by atoms with Crippen molar-refractivity contribution in [3.05, 3.63) is 35.0 Å². The van der Waals surface area contributed by atoms with Gasteiger partial charge in [0.1, 0.15) is 11.6 Å². The van der Waals surface area contributed by atoms with Gasteiger partial charge in [0.15, 0.2) is 0 Å². The third kappa shape index (κ3) is 4.57. The van der Waals surface area contributed by atoms with Crippen LogP contribution in [0.1, 0.15) is 49.1 Å². The van der Waals surface area contributed by atoms with E-state index in [1.807, 2.05) is 25.6 Å². The van der Waals surface area contributed by atoms with Crippen LogP contribution in [-0.4, -0.2) is 38.9 Å². The van der Waals surface area contributed by atoms with Crippen molar-refractivity contribution in [2.45, 2.75) is 59.0 Å². The molecule has 2 aromatic rings. The lowest BCUT2D eigenvalue weighted by Gasteiger charge is -2.33. The standard InChI is InChI=1S/C19H30N6/c1-5-6-17-12-19(22-15(3)21-17)25-9-7-16(8-10-25)20-13-18-11-14(2)23-24(18)4/h11-12,16,20H,5-10,13H2,1-4H3. The highest BCUT2D eigenvalue weighted by Crippen LogP contribution is 2.20.